The Kier molecular flexibility index (Phi) is 2.55. The lowest BCUT2D eigenvalue weighted by molar-refractivity contribution is -0.140. The maximum atomic E-state index is 13.0. The minimum absolute atomic E-state index is 0.110. The molecule has 3 rings (SSSR count). The van der Waals surface area contributed by atoms with Gasteiger partial charge in [-0.1, -0.05) is 36.4 Å². The minimum Gasteiger partial charge on any atom is -0.232 e. The zero-order valence-electron chi connectivity index (χ0n) is 9.72. The van der Waals surface area contributed by atoms with Gasteiger partial charge < -0.3 is 0 Å². The number of rotatable bonds is 1. The van der Waals surface area contributed by atoms with Crippen molar-refractivity contribution in [3.8, 4) is 5.69 Å². The first-order chi connectivity index (χ1) is 9.07. The van der Waals surface area contributed by atoms with Crippen molar-refractivity contribution in [2.75, 3.05) is 0 Å². The summed E-state index contributed by atoms with van der Waals surface area (Å²) in [7, 11) is 0. The van der Waals surface area contributed by atoms with E-state index in [9.17, 15) is 13.2 Å². The molecule has 0 aliphatic heterocycles. The second-order valence-electron chi connectivity index (χ2n) is 4.11. The number of hydrogen-bond acceptors (Lipinski definition) is 1. The van der Waals surface area contributed by atoms with Crippen LogP contribution in [0.4, 0.5) is 13.2 Å². The van der Waals surface area contributed by atoms with Crippen LogP contribution in [-0.4, -0.2) is 9.78 Å². The molecule has 0 fully saturated rings. The number of hydrogen-bond donors (Lipinski definition) is 0. The van der Waals surface area contributed by atoms with Crippen LogP contribution < -0.4 is 0 Å². The van der Waals surface area contributed by atoms with Crippen LogP contribution in [0, 0.1) is 0 Å². The van der Waals surface area contributed by atoms with Gasteiger partial charge in [-0.2, -0.15) is 18.3 Å². The molecule has 2 nitrogen and oxygen atoms in total. The zero-order chi connectivity index (χ0) is 13.5. The Labute approximate surface area is 107 Å². The van der Waals surface area contributed by atoms with Gasteiger partial charge in [0.2, 0.25) is 0 Å². The molecule has 2 aromatic carbocycles. The Balaban J connectivity index is 2.33. The van der Waals surface area contributed by atoms with Crippen LogP contribution in [0.15, 0.2) is 54.6 Å². The fourth-order valence-electron chi connectivity index (χ4n) is 2.04. The summed E-state index contributed by atoms with van der Waals surface area (Å²) in [5.74, 6) is 0. The Morgan fingerprint density at radius 3 is 2.16 bits per heavy atom. The summed E-state index contributed by atoms with van der Waals surface area (Å²) in [6.07, 6.45) is -4.46. The van der Waals surface area contributed by atoms with Gasteiger partial charge in [-0.05, 0) is 18.2 Å². The van der Waals surface area contributed by atoms with Crippen LogP contribution in [0.25, 0.3) is 16.6 Å². The lowest BCUT2D eigenvalue weighted by Crippen LogP contribution is -2.07. The van der Waals surface area contributed by atoms with E-state index in [4.69, 9.17) is 0 Å². The molecule has 19 heavy (non-hydrogen) atoms. The molecule has 0 amide bonds. The highest BCUT2D eigenvalue weighted by molar-refractivity contribution is 5.83. The molecule has 0 atom stereocenters. The Morgan fingerprint density at radius 1 is 0.842 bits per heavy atom. The largest absolute Gasteiger partial charge is 0.435 e. The summed E-state index contributed by atoms with van der Waals surface area (Å²) in [5, 5.41) is 3.83. The molecule has 0 aliphatic carbocycles. The third-order valence-corrected chi connectivity index (χ3v) is 2.86. The van der Waals surface area contributed by atoms with Crippen molar-refractivity contribution in [2.24, 2.45) is 0 Å². The van der Waals surface area contributed by atoms with Crippen LogP contribution in [0.5, 0.6) is 0 Å². The second-order valence-corrected chi connectivity index (χ2v) is 4.11. The SMILES string of the molecule is FC(F)(F)c1nn(-c2ccccc2)c2ccccc12. The van der Waals surface area contributed by atoms with Gasteiger partial charge in [-0.3, -0.25) is 0 Å². The Hall–Kier alpha value is -2.30. The maximum Gasteiger partial charge on any atom is 0.435 e. The molecule has 0 aliphatic rings. The van der Waals surface area contributed by atoms with E-state index in [-0.39, 0.29) is 5.39 Å². The quantitative estimate of drug-likeness (QED) is 0.647. The fourth-order valence-corrected chi connectivity index (χ4v) is 2.04. The first-order valence-corrected chi connectivity index (χ1v) is 5.68. The Morgan fingerprint density at radius 2 is 1.47 bits per heavy atom. The van der Waals surface area contributed by atoms with Crippen molar-refractivity contribution >= 4 is 10.9 Å². The van der Waals surface area contributed by atoms with Crippen molar-refractivity contribution in [3.63, 3.8) is 0 Å². The number of para-hydroxylation sites is 2. The van der Waals surface area contributed by atoms with E-state index in [0.717, 1.165) is 0 Å². The number of aromatic nitrogens is 2. The van der Waals surface area contributed by atoms with Gasteiger partial charge >= 0.3 is 6.18 Å². The maximum absolute atomic E-state index is 13.0. The summed E-state index contributed by atoms with van der Waals surface area (Å²) in [5.41, 5.74) is 0.196. The normalized spacial score (nSPS) is 11.9. The average molecular weight is 262 g/mol. The van der Waals surface area contributed by atoms with Crippen molar-refractivity contribution in [3.05, 3.63) is 60.3 Å². The topological polar surface area (TPSA) is 17.8 Å². The van der Waals surface area contributed by atoms with Crippen LogP contribution in [0.1, 0.15) is 5.69 Å². The van der Waals surface area contributed by atoms with Crippen molar-refractivity contribution in [1.29, 1.82) is 0 Å². The molecule has 0 bridgehead atoms. The lowest BCUT2D eigenvalue weighted by atomic mass is 10.2. The predicted molar refractivity (Wildman–Crippen MR) is 66.1 cm³/mol. The zero-order valence-corrected chi connectivity index (χ0v) is 9.72. The average Bonchev–Trinajstić information content (AvgIpc) is 2.79. The molecule has 0 radical (unpaired) electrons. The summed E-state index contributed by atoms with van der Waals surface area (Å²) < 4.78 is 40.2. The monoisotopic (exact) mass is 262 g/mol. The van der Waals surface area contributed by atoms with Gasteiger partial charge in [0.05, 0.1) is 11.2 Å². The highest BCUT2D eigenvalue weighted by Gasteiger charge is 2.36. The van der Waals surface area contributed by atoms with Gasteiger partial charge in [-0.15, -0.1) is 0 Å². The first kappa shape index (κ1) is 11.8. The van der Waals surface area contributed by atoms with E-state index in [0.29, 0.717) is 11.2 Å². The molecule has 96 valence electrons. The lowest BCUT2D eigenvalue weighted by Gasteiger charge is -2.02. The minimum atomic E-state index is -4.46. The molecule has 0 N–H and O–H groups in total. The number of alkyl halides is 3. The molecule has 0 saturated heterocycles. The summed E-state index contributed by atoms with van der Waals surface area (Å²) in [4.78, 5) is 0. The number of halogens is 3. The first-order valence-electron chi connectivity index (χ1n) is 5.68. The second kappa shape index (κ2) is 4.12. The van der Waals surface area contributed by atoms with E-state index in [1.165, 1.54) is 10.7 Å². The molecular weight excluding hydrogens is 253 g/mol. The van der Waals surface area contributed by atoms with E-state index in [1.54, 1.807) is 48.5 Å². The van der Waals surface area contributed by atoms with Crippen LogP contribution in [0.3, 0.4) is 0 Å². The smallest absolute Gasteiger partial charge is 0.232 e. The predicted octanol–water partition coefficient (Wildman–Crippen LogP) is 4.04. The van der Waals surface area contributed by atoms with Crippen LogP contribution in [0.2, 0.25) is 0 Å². The van der Waals surface area contributed by atoms with Crippen molar-refractivity contribution in [2.45, 2.75) is 6.18 Å². The van der Waals surface area contributed by atoms with E-state index < -0.39 is 11.9 Å². The van der Waals surface area contributed by atoms with E-state index in [2.05, 4.69) is 5.10 Å². The van der Waals surface area contributed by atoms with Gasteiger partial charge in [0.25, 0.3) is 0 Å². The highest BCUT2D eigenvalue weighted by Crippen LogP contribution is 2.34. The summed E-state index contributed by atoms with van der Waals surface area (Å²) in [6, 6.07) is 15.1. The Bertz CT molecular complexity index is 714. The van der Waals surface area contributed by atoms with Crippen molar-refractivity contribution < 1.29 is 13.2 Å². The third-order valence-electron chi connectivity index (χ3n) is 2.86. The van der Waals surface area contributed by atoms with Gasteiger partial charge in [-0.25, -0.2) is 4.68 Å². The molecule has 0 unspecified atom stereocenters. The molecule has 3 aromatic rings. The molecule has 0 spiro atoms. The van der Waals surface area contributed by atoms with Crippen LogP contribution in [-0.2, 0) is 6.18 Å². The number of benzene rings is 2. The van der Waals surface area contributed by atoms with Crippen molar-refractivity contribution in [1.82, 2.24) is 9.78 Å². The van der Waals surface area contributed by atoms with E-state index >= 15 is 0 Å². The fraction of sp³-hybridized carbons (Fsp3) is 0.0714. The van der Waals surface area contributed by atoms with Gasteiger partial charge in [0.1, 0.15) is 0 Å². The summed E-state index contributed by atoms with van der Waals surface area (Å²) >= 11 is 0. The third kappa shape index (κ3) is 1.97. The molecule has 1 aromatic heterocycles. The molecule has 0 saturated carbocycles. The summed E-state index contributed by atoms with van der Waals surface area (Å²) in [6.45, 7) is 0. The molecule has 5 heteroatoms. The number of nitrogens with zero attached hydrogens (tertiary/aromatic N) is 2. The highest BCUT2D eigenvalue weighted by atomic mass is 19.4. The van der Waals surface area contributed by atoms with Crippen LogP contribution >= 0.6 is 0 Å². The van der Waals surface area contributed by atoms with Gasteiger partial charge in [0, 0.05) is 5.39 Å². The standard InChI is InChI=1S/C14H9F3N2/c15-14(16,17)13-11-8-4-5-9-12(11)19(18-13)10-6-2-1-3-7-10/h1-9H. The molecule has 1 heterocycles. The van der Waals surface area contributed by atoms with E-state index in [1.807, 2.05) is 0 Å². The molecular formula is C14H9F3N2. The number of fused-ring (bicyclic) bond motifs is 1. The van der Waals surface area contributed by atoms with Gasteiger partial charge in [0.15, 0.2) is 5.69 Å².